The van der Waals surface area contributed by atoms with Crippen molar-refractivity contribution < 1.29 is 32.6 Å². The Bertz CT molecular complexity index is 1720. The molecule has 1 aromatic carbocycles. The summed E-state index contributed by atoms with van der Waals surface area (Å²) < 4.78 is 49.1. The first kappa shape index (κ1) is 36.2. The van der Waals surface area contributed by atoms with Gasteiger partial charge in [0.25, 0.3) is 5.91 Å². The highest BCUT2D eigenvalue weighted by Gasteiger charge is 2.37. The van der Waals surface area contributed by atoms with Gasteiger partial charge in [-0.05, 0) is 82.7 Å². The second kappa shape index (κ2) is 14.6. The Labute approximate surface area is 293 Å². The largest absolute Gasteiger partial charge is 0.444 e. The van der Waals surface area contributed by atoms with Gasteiger partial charge in [0.05, 0.1) is 44.1 Å². The van der Waals surface area contributed by atoms with E-state index in [1.54, 1.807) is 27.2 Å². The number of rotatable bonds is 8. The van der Waals surface area contributed by atoms with Gasteiger partial charge < -0.3 is 28.4 Å². The molecular formula is C38H51F2N5O5. The summed E-state index contributed by atoms with van der Waals surface area (Å²) >= 11 is 0. The van der Waals surface area contributed by atoms with Crippen LogP contribution in [-0.2, 0) is 14.2 Å². The molecule has 6 rings (SSSR count). The molecule has 0 unspecified atom stereocenters. The minimum absolute atomic E-state index is 0.0493. The quantitative estimate of drug-likeness (QED) is 0.274. The lowest BCUT2D eigenvalue weighted by atomic mass is 9.85. The van der Waals surface area contributed by atoms with E-state index in [0.717, 1.165) is 31.5 Å². The summed E-state index contributed by atoms with van der Waals surface area (Å²) in [7, 11) is 0. The Morgan fingerprint density at radius 1 is 1.06 bits per heavy atom. The first-order valence-electron chi connectivity index (χ1n) is 17.9. The molecule has 2 amide bonds. The van der Waals surface area contributed by atoms with Crippen molar-refractivity contribution in [2.75, 3.05) is 52.5 Å². The predicted octanol–water partition coefficient (Wildman–Crippen LogP) is 6.29. The number of pyridine rings is 1. The van der Waals surface area contributed by atoms with Gasteiger partial charge in [0, 0.05) is 49.9 Å². The summed E-state index contributed by atoms with van der Waals surface area (Å²) in [6.07, 6.45) is 3.36. The Kier molecular flexibility index (Phi) is 10.5. The maximum absolute atomic E-state index is 15.5. The van der Waals surface area contributed by atoms with Crippen molar-refractivity contribution in [1.82, 2.24) is 24.1 Å². The average Bonchev–Trinajstić information content (AvgIpc) is 3.33. The molecule has 2 aromatic heterocycles. The molecule has 0 spiro atoms. The van der Waals surface area contributed by atoms with Crippen molar-refractivity contribution in [3.05, 3.63) is 59.2 Å². The van der Waals surface area contributed by atoms with Crippen molar-refractivity contribution in [2.24, 2.45) is 5.92 Å². The van der Waals surface area contributed by atoms with Crippen LogP contribution in [-0.4, -0.2) is 112 Å². The van der Waals surface area contributed by atoms with Gasteiger partial charge in [0.15, 0.2) is 0 Å². The number of aromatic nitrogens is 2. The van der Waals surface area contributed by atoms with Gasteiger partial charge in [-0.2, -0.15) is 4.39 Å². The Morgan fingerprint density at radius 2 is 1.82 bits per heavy atom. The maximum Gasteiger partial charge on any atom is 0.410 e. The van der Waals surface area contributed by atoms with E-state index in [-0.39, 0.29) is 41.1 Å². The van der Waals surface area contributed by atoms with Gasteiger partial charge in [-0.1, -0.05) is 19.9 Å². The second-order valence-corrected chi connectivity index (χ2v) is 15.4. The molecule has 0 radical (unpaired) electrons. The Balaban J connectivity index is 1.21. The fourth-order valence-corrected chi connectivity index (χ4v) is 7.55. The average molecular weight is 696 g/mol. The number of carbonyl (C=O) groups excluding carboxylic acids is 2. The Morgan fingerprint density at radius 3 is 2.52 bits per heavy atom. The van der Waals surface area contributed by atoms with E-state index >= 15 is 4.39 Å². The first-order valence-corrected chi connectivity index (χ1v) is 17.9. The van der Waals surface area contributed by atoms with Crippen LogP contribution in [0.1, 0.15) is 82.0 Å². The molecule has 3 fully saturated rings. The van der Waals surface area contributed by atoms with Crippen LogP contribution in [0.15, 0.2) is 30.5 Å². The van der Waals surface area contributed by atoms with Gasteiger partial charge >= 0.3 is 6.09 Å². The number of benzene rings is 1. The third kappa shape index (κ3) is 7.67. The van der Waals surface area contributed by atoms with Gasteiger partial charge in [-0.3, -0.25) is 9.69 Å². The zero-order chi connectivity index (χ0) is 35.9. The molecule has 3 aliphatic rings. The van der Waals surface area contributed by atoms with Crippen LogP contribution in [0.4, 0.5) is 13.6 Å². The molecule has 0 aliphatic carbocycles. The minimum Gasteiger partial charge on any atom is -0.444 e. The summed E-state index contributed by atoms with van der Waals surface area (Å²) in [5, 5.41) is 0. The number of halogens is 2. The summed E-state index contributed by atoms with van der Waals surface area (Å²) in [4.78, 5) is 36.6. The molecular weight excluding hydrogens is 644 g/mol. The molecule has 3 aliphatic heterocycles. The van der Waals surface area contributed by atoms with Gasteiger partial charge in [-0.15, -0.1) is 0 Å². The molecule has 5 heterocycles. The maximum atomic E-state index is 15.5. The molecule has 3 atom stereocenters. The summed E-state index contributed by atoms with van der Waals surface area (Å²) in [5.74, 6) is -0.378. The highest BCUT2D eigenvalue weighted by atomic mass is 19.1. The first-order chi connectivity index (χ1) is 23.7. The smallest absolute Gasteiger partial charge is 0.410 e. The van der Waals surface area contributed by atoms with E-state index in [1.165, 1.54) is 12.1 Å². The minimum atomic E-state index is -0.628. The SMILES string of the molecule is Cc1nc(F)c2c(-c3ccc(F)cc3C(=O)N3CCOC[C@H]3C)cc(C3CN([C@H](CC[C@H]4CN(C(=O)OC(C)(C)C)CCO4)C(C)C)C3)cn12. The zero-order valence-electron chi connectivity index (χ0n) is 30.4. The lowest BCUT2D eigenvalue weighted by molar-refractivity contribution is -0.0495. The standard InChI is InChI=1S/C38H51F2N5O5/c1-23(2)33(11-9-29-21-42(12-15-49-29)37(47)50-38(5,6)7)43-18-27(19-43)26-16-31(34-35(40)41-25(4)45(34)20-26)30-10-8-28(39)17-32(30)36(46)44-13-14-48-22-24(44)3/h8,10,16-17,20,23-24,27,29,33H,9,11-15,18-19,21-22H2,1-7H3/t24-,29+,33-/m1/s1. The van der Waals surface area contributed by atoms with E-state index in [1.807, 2.05) is 40.0 Å². The number of nitrogens with zero attached hydrogens (tertiary/aromatic N) is 5. The Hall–Kier alpha value is -3.61. The van der Waals surface area contributed by atoms with Crippen molar-refractivity contribution in [2.45, 2.75) is 91.0 Å². The van der Waals surface area contributed by atoms with E-state index in [2.05, 4.69) is 23.7 Å². The van der Waals surface area contributed by atoms with Gasteiger partial charge in [-0.25, -0.2) is 14.2 Å². The van der Waals surface area contributed by atoms with Crippen LogP contribution < -0.4 is 0 Å². The number of ether oxygens (including phenoxy) is 3. The molecule has 3 aromatic rings. The molecule has 10 nitrogen and oxygen atoms in total. The predicted molar refractivity (Wildman–Crippen MR) is 186 cm³/mol. The number of fused-ring (bicyclic) bond motifs is 1. The van der Waals surface area contributed by atoms with E-state index in [9.17, 15) is 14.0 Å². The van der Waals surface area contributed by atoms with Crippen LogP contribution in [0, 0.1) is 24.6 Å². The number of hydrogen-bond donors (Lipinski definition) is 0. The van der Waals surface area contributed by atoms with Crippen LogP contribution >= 0.6 is 0 Å². The van der Waals surface area contributed by atoms with Crippen molar-refractivity contribution in [3.63, 3.8) is 0 Å². The summed E-state index contributed by atoms with van der Waals surface area (Å²) in [6.45, 7) is 18.1. The number of amides is 2. The van der Waals surface area contributed by atoms with Crippen LogP contribution in [0.3, 0.4) is 0 Å². The van der Waals surface area contributed by atoms with E-state index in [4.69, 9.17) is 14.2 Å². The number of imidazole rings is 1. The van der Waals surface area contributed by atoms with E-state index < -0.39 is 17.4 Å². The summed E-state index contributed by atoms with van der Waals surface area (Å²) in [6, 6.07) is 6.26. The second-order valence-electron chi connectivity index (χ2n) is 15.4. The number of morpholine rings is 2. The molecule has 0 N–H and O–H groups in total. The zero-order valence-corrected chi connectivity index (χ0v) is 30.4. The van der Waals surface area contributed by atoms with Crippen molar-refractivity contribution in [1.29, 1.82) is 0 Å². The highest BCUT2D eigenvalue weighted by molar-refractivity contribution is 6.03. The molecule has 0 saturated carbocycles. The van der Waals surface area contributed by atoms with E-state index in [0.29, 0.717) is 68.4 Å². The molecule has 3 saturated heterocycles. The molecule has 12 heteroatoms. The van der Waals surface area contributed by atoms with Crippen molar-refractivity contribution in [3.8, 4) is 11.1 Å². The summed E-state index contributed by atoms with van der Waals surface area (Å²) in [5.41, 5.74) is 1.93. The fourth-order valence-electron chi connectivity index (χ4n) is 7.55. The molecule has 50 heavy (non-hydrogen) atoms. The van der Waals surface area contributed by atoms with Crippen LogP contribution in [0.25, 0.3) is 16.6 Å². The van der Waals surface area contributed by atoms with Gasteiger partial charge in [0.1, 0.15) is 22.8 Å². The van der Waals surface area contributed by atoms with Crippen molar-refractivity contribution >= 4 is 17.5 Å². The van der Waals surface area contributed by atoms with Crippen LogP contribution in [0.2, 0.25) is 0 Å². The third-order valence-corrected chi connectivity index (χ3v) is 10.2. The lowest BCUT2D eigenvalue weighted by Gasteiger charge is -2.47. The third-order valence-electron chi connectivity index (χ3n) is 10.2. The number of likely N-dealkylation sites (tertiary alicyclic amines) is 1. The highest BCUT2D eigenvalue weighted by Crippen LogP contribution is 2.38. The molecule has 0 bridgehead atoms. The fraction of sp³-hybridized carbons (Fsp3) is 0.605. The van der Waals surface area contributed by atoms with Gasteiger partial charge in [0.2, 0.25) is 5.95 Å². The number of aryl methyl sites for hydroxylation is 1. The van der Waals surface area contributed by atoms with Crippen LogP contribution in [0.5, 0.6) is 0 Å². The molecule has 272 valence electrons. The normalized spacial score (nSPS) is 21.5. The monoisotopic (exact) mass is 695 g/mol. The number of carbonyl (C=O) groups is 2. The topological polar surface area (TPSA) is 88.9 Å². The lowest BCUT2D eigenvalue weighted by Crippen LogP contribution is -2.53. The number of hydrogen-bond acceptors (Lipinski definition) is 7.